The minimum absolute atomic E-state index is 0.218. The number of fused-ring (bicyclic) bond motifs is 1. The van der Waals surface area contributed by atoms with E-state index >= 15 is 0 Å². The van der Waals surface area contributed by atoms with Crippen LogP contribution in [0.1, 0.15) is 26.6 Å². The third-order valence-electron chi connectivity index (χ3n) is 2.12. The molecule has 0 unspecified atom stereocenters. The molecule has 0 radical (unpaired) electrons. The van der Waals surface area contributed by atoms with Gasteiger partial charge in [0.25, 0.3) is 0 Å². The number of pyridine rings is 1. The summed E-state index contributed by atoms with van der Waals surface area (Å²) >= 11 is 0. The number of aromatic nitrogens is 3. The first-order valence-electron chi connectivity index (χ1n) is 5.10. The Hall–Kier alpha value is -1.51. The van der Waals surface area contributed by atoms with Gasteiger partial charge in [0.2, 0.25) is 0 Å². The SMILES string of the molecule is CC(C)(C)Cc1ncc2ccncc2n1. The fourth-order valence-corrected chi connectivity index (χ4v) is 1.47. The Balaban J connectivity index is 2.39. The molecular weight excluding hydrogens is 186 g/mol. The average molecular weight is 201 g/mol. The van der Waals surface area contributed by atoms with E-state index in [0.717, 1.165) is 23.1 Å². The van der Waals surface area contributed by atoms with Crippen molar-refractivity contribution in [3.05, 3.63) is 30.5 Å². The first-order valence-corrected chi connectivity index (χ1v) is 5.10. The molecule has 78 valence electrons. The van der Waals surface area contributed by atoms with Crippen molar-refractivity contribution in [2.45, 2.75) is 27.2 Å². The zero-order valence-electron chi connectivity index (χ0n) is 9.36. The monoisotopic (exact) mass is 201 g/mol. The van der Waals surface area contributed by atoms with Gasteiger partial charge in [0.05, 0.1) is 11.7 Å². The van der Waals surface area contributed by atoms with Crippen LogP contribution in [0, 0.1) is 5.41 Å². The van der Waals surface area contributed by atoms with E-state index in [1.54, 1.807) is 12.4 Å². The lowest BCUT2D eigenvalue weighted by atomic mass is 9.92. The minimum Gasteiger partial charge on any atom is -0.262 e. The summed E-state index contributed by atoms with van der Waals surface area (Å²) in [5.41, 5.74) is 1.14. The molecular formula is C12H15N3. The van der Waals surface area contributed by atoms with Crippen LogP contribution in [0.4, 0.5) is 0 Å². The molecule has 0 aliphatic heterocycles. The summed E-state index contributed by atoms with van der Waals surface area (Å²) in [7, 11) is 0. The van der Waals surface area contributed by atoms with Crippen LogP contribution in [0.3, 0.4) is 0 Å². The fraction of sp³-hybridized carbons (Fsp3) is 0.417. The van der Waals surface area contributed by atoms with Crippen molar-refractivity contribution in [2.75, 3.05) is 0 Å². The first kappa shape index (κ1) is 10.0. The molecule has 0 amide bonds. The summed E-state index contributed by atoms with van der Waals surface area (Å²) in [5, 5.41) is 1.04. The molecule has 3 heteroatoms. The molecule has 0 aromatic carbocycles. The van der Waals surface area contributed by atoms with Crippen LogP contribution in [-0.2, 0) is 6.42 Å². The van der Waals surface area contributed by atoms with Gasteiger partial charge in [-0.05, 0) is 11.5 Å². The van der Waals surface area contributed by atoms with Crippen molar-refractivity contribution in [3.63, 3.8) is 0 Å². The Morgan fingerprint density at radius 1 is 1.20 bits per heavy atom. The Labute approximate surface area is 89.6 Å². The summed E-state index contributed by atoms with van der Waals surface area (Å²) in [6, 6.07) is 1.93. The molecule has 2 aromatic heterocycles. The highest BCUT2D eigenvalue weighted by molar-refractivity contribution is 5.76. The van der Waals surface area contributed by atoms with Gasteiger partial charge in [-0.2, -0.15) is 0 Å². The third kappa shape index (κ3) is 2.49. The lowest BCUT2D eigenvalue weighted by Crippen LogP contribution is -2.11. The minimum atomic E-state index is 0.218. The molecule has 0 aliphatic carbocycles. The second-order valence-electron chi connectivity index (χ2n) is 4.96. The summed E-state index contributed by atoms with van der Waals surface area (Å²) in [4.78, 5) is 12.9. The Morgan fingerprint density at radius 3 is 2.73 bits per heavy atom. The normalized spacial score (nSPS) is 11.9. The van der Waals surface area contributed by atoms with E-state index in [1.807, 2.05) is 12.3 Å². The maximum atomic E-state index is 4.49. The van der Waals surface area contributed by atoms with Gasteiger partial charge >= 0.3 is 0 Å². The van der Waals surface area contributed by atoms with Gasteiger partial charge in [-0.1, -0.05) is 20.8 Å². The molecule has 0 saturated heterocycles. The molecule has 2 aromatic rings. The van der Waals surface area contributed by atoms with Gasteiger partial charge in [0.1, 0.15) is 5.82 Å². The second kappa shape index (κ2) is 3.57. The van der Waals surface area contributed by atoms with Gasteiger partial charge in [-0.25, -0.2) is 9.97 Å². The van der Waals surface area contributed by atoms with Crippen LogP contribution in [-0.4, -0.2) is 15.0 Å². The van der Waals surface area contributed by atoms with E-state index in [4.69, 9.17) is 0 Å². The number of hydrogen-bond acceptors (Lipinski definition) is 3. The van der Waals surface area contributed by atoms with E-state index in [2.05, 4.69) is 35.7 Å². The van der Waals surface area contributed by atoms with Gasteiger partial charge in [-0.15, -0.1) is 0 Å². The molecule has 3 nitrogen and oxygen atoms in total. The lowest BCUT2D eigenvalue weighted by Gasteiger charge is -2.16. The topological polar surface area (TPSA) is 38.7 Å². The van der Waals surface area contributed by atoms with Gasteiger partial charge in [0, 0.05) is 24.2 Å². The molecule has 15 heavy (non-hydrogen) atoms. The summed E-state index contributed by atoms with van der Waals surface area (Å²) < 4.78 is 0. The van der Waals surface area contributed by atoms with Crippen LogP contribution in [0.25, 0.3) is 10.9 Å². The van der Waals surface area contributed by atoms with Crippen molar-refractivity contribution < 1.29 is 0 Å². The zero-order chi connectivity index (χ0) is 10.9. The highest BCUT2D eigenvalue weighted by atomic mass is 14.9. The summed E-state index contributed by atoms with van der Waals surface area (Å²) in [6.45, 7) is 6.55. The highest BCUT2D eigenvalue weighted by Crippen LogP contribution is 2.19. The first-order chi connectivity index (χ1) is 7.04. The lowest BCUT2D eigenvalue weighted by molar-refractivity contribution is 0.401. The maximum Gasteiger partial charge on any atom is 0.129 e. The molecule has 0 atom stereocenters. The van der Waals surface area contributed by atoms with Crippen molar-refractivity contribution in [1.82, 2.24) is 15.0 Å². The van der Waals surface area contributed by atoms with Crippen molar-refractivity contribution >= 4 is 10.9 Å². The van der Waals surface area contributed by atoms with Crippen LogP contribution in [0.5, 0.6) is 0 Å². The molecule has 0 bridgehead atoms. The van der Waals surface area contributed by atoms with Crippen molar-refractivity contribution in [1.29, 1.82) is 0 Å². The van der Waals surface area contributed by atoms with E-state index in [-0.39, 0.29) is 5.41 Å². The summed E-state index contributed by atoms with van der Waals surface area (Å²) in [5.74, 6) is 0.892. The Kier molecular flexibility index (Phi) is 2.39. The molecule has 0 N–H and O–H groups in total. The molecule has 0 fully saturated rings. The second-order valence-corrected chi connectivity index (χ2v) is 4.96. The predicted molar refractivity (Wildman–Crippen MR) is 60.5 cm³/mol. The van der Waals surface area contributed by atoms with Gasteiger partial charge < -0.3 is 0 Å². The number of rotatable bonds is 1. The van der Waals surface area contributed by atoms with Crippen molar-refractivity contribution in [3.8, 4) is 0 Å². The molecule has 2 rings (SSSR count). The van der Waals surface area contributed by atoms with E-state index in [0.29, 0.717) is 0 Å². The largest absolute Gasteiger partial charge is 0.262 e. The maximum absolute atomic E-state index is 4.49. The average Bonchev–Trinajstić information content (AvgIpc) is 2.15. The molecule has 0 spiro atoms. The third-order valence-corrected chi connectivity index (χ3v) is 2.12. The van der Waals surface area contributed by atoms with Gasteiger partial charge in [-0.3, -0.25) is 4.98 Å². The predicted octanol–water partition coefficient (Wildman–Crippen LogP) is 2.61. The Bertz CT molecular complexity index is 471. The highest BCUT2D eigenvalue weighted by Gasteiger charge is 2.13. The van der Waals surface area contributed by atoms with Crippen LogP contribution in [0.2, 0.25) is 0 Å². The van der Waals surface area contributed by atoms with E-state index in [1.165, 1.54) is 0 Å². The van der Waals surface area contributed by atoms with Crippen LogP contribution >= 0.6 is 0 Å². The van der Waals surface area contributed by atoms with Crippen LogP contribution in [0.15, 0.2) is 24.7 Å². The Morgan fingerprint density at radius 2 is 2.00 bits per heavy atom. The smallest absolute Gasteiger partial charge is 0.129 e. The van der Waals surface area contributed by atoms with Crippen LogP contribution < -0.4 is 0 Å². The molecule has 0 aliphatic rings. The van der Waals surface area contributed by atoms with E-state index in [9.17, 15) is 0 Å². The standard InChI is InChI=1S/C12H15N3/c1-12(2,3)6-11-14-7-9-4-5-13-8-10(9)15-11/h4-5,7-8H,6H2,1-3H3. The zero-order valence-corrected chi connectivity index (χ0v) is 9.36. The molecule has 0 saturated carbocycles. The summed E-state index contributed by atoms with van der Waals surface area (Å²) in [6.07, 6.45) is 6.29. The number of hydrogen-bond donors (Lipinski definition) is 0. The quantitative estimate of drug-likeness (QED) is 0.712. The fourth-order valence-electron chi connectivity index (χ4n) is 1.47. The molecule has 2 heterocycles. The van der Waals surface area contributed by atoms with Crippen molar-refractivity contribution in [2.24, 2.45) is 5.41 Å². The number of nitrogens with zero attached hydrogens (tertiary/aromatic N) is 3. The van der Waals surface area contributed by atoms with E-state index < -0.39 is 0 Å². The van der Waals surface area contributed by atoms with Gasteiger partial charge in [0.15, 0.2) is 0 Å².